The van der Waals surface area contributed by atoms with Crippen LogP contribution in [-0.2, 0) is 28.4 Å². The number of ether oxygens (including phenoxy) is 6. The number of hydrogen-bond acceptors (Lipinski definition) is 6. The van der Waals surface area contributed by atoms with Gasteiger partial charge >= 0.3 is 0 Å². The van der Waals surface area contributed by atoms with Crippen molar-refractivity contribution in [2.75, 3.05) is 42.7 Å². The van der Waals surface area contributed by atoms with Crippen LogP contribution in [-0.4, -0.2) is 54.6 Å². The molecule has 0 fully saturated rings. The molecule has 0 bridgehead atoms. The molecule has 6 heteroatoms. The molecule has 0 aromatic rings. The second-order valence-corrected chi connectivity index (χ2v) is 12.3. The van der Waals surface area contributed by atoms with Crippen molar-refractivity contribution in [1.82, 2.24) is 0 Å². The van der Waals surface area contributed by atoms with Crippen molar-refractivity contribution in [3.05, 3.63) is 0 Å². The van der Waals surface area contributed by atoms with E-state index in [1.165, 1.54) is 154 Å². The first kappa shape index (κ1) is 41.8. The summed E-state index contributed by atoms with van der Waals surface area (Å²) in [4.78, 5) is 0. The minimum atomic E-state index is -0.849. The zero-order valence-corrected chi connectivity index (χ0v) is 29.2. The molecule has 0 heterocycles. The van der Waals surface area contributed by atoms with Crippen LogP contribution in [0.25, 0.3) is 0 Å². The van der Waals surface area contributed by atoms with Crippen LogP contribution in [0.2, 0.25) is 0 Å². The Kier molecular flexibility index (Phi) is 30.6. The molecule has 0 amide bonds. The van der Waals surface area contributed by atoms with E-state index in [-0.39, 0.29) is 0 Å². The highest BCUT2D eigenvalue weighted by molar-refractivity contribution is 4.58. The van der Waals surface area contributed by atoms with Gasteiger partial charge in [-0.05, 0) is 12.8 Å². The third-order valence-electron chi connectivity index (χ3n) is 9.08. The first-order valence-corrected chi connectivity index (χ1v) is 17.9. The summed E-state index contributed by atoms with van der Waals surface area (Å²) >= 11 is 0. The molecule has 0 atom stereocenters. The molecule has 0 saturated carbocycles. The standard InChI is InChI=1S/C36H74O6/c1-37-35(38-2,39-3)33-31-29-27-25-23-21-19-17-15-13-11-9-7-8-10-12-14-16-18-20-22-24-26-28-30-32-34-36(40-4,41-5)42-6/h7-34H2,1-6H3. The maximum Gasteiger partial charge on any atom is 0.282 e. The molecule has 0 radical (unpaired) electrons. The fraction of sp³-hybridized carbons (Fsp3) is 1.00. The predicted octanol–water partition coefficient (Wildman–Crippen LogP) is 11.1. The van der Waals surface area contributed by atoms with Crippen LogP contribution >= 0.6 is 0 Å². The van der Waals surface area contributed by atoms with Gasteiger partial charge in [-0.25, -0.2) is 0 Å². The lowest BCUT2D eigenvalue weighted by Gasteiger charge is -2.28. The Morgan fingerprint density at radius 1 is 0.214 bits per heavy atom. The molecule has 0 unspecified atom stereocenters. The summed E-state index contributed by atoms with van der Waals surface area (Å²) in [6.45, 7) is 0. The van der Waals surface area contributed by atoms with E-state index in [0.717, 1.165) is 25.7 Å². The molecule has 254 valence electrons. The quantitative estimate of drug-likeness (QED) is 0.0531. The van der Waals surface area contributed by atoms with Crippen molar-refractivity contribution in [3.63, 3.8) is 0 Å². The summed E-state index contributed by atoms with van der Waals surface area (Å²) < 4.78 is 32.1. The van der Waals surface area contributed by atoms with Gasteiger partial charge in [-0.2, -0.15) is 0 Å². The van der Waals surface area contributed by atoms with Gasteiger partial charge < -0.3 is 28.4 Å². The molecule has 0 aliphatic heterocycles. The van der Waals surface area contributed by atoms with Crippen LogP contribution in [0.4, 0.5) is 0 Å². The molecular formula is C36H74O6. The van der Waals surface area contributed by atoms with E-state index in [2.05, 4.69) is 0 Å². The molecule has 0 aromatic carbocycles. The summed E-state index contributed by atoms with van der Waals surface area (Å²) in [7, 11) is 9.86. The molecule has 6 nitrogen and oxygen atoms in total. The van der Waals surface area contributed by atoms with Crippen molar-refractivity contribution in [3.8, 4) is 0 Å². The highest BCUT2D eigenvalue weighted by Gasteiger charge is 2.29. The average Bonchev–Trinajstić information content (AvgIpc) is 3.03. The van der Waals surface area contributed by atoms with Gasteiger partial charge in [0.1, 0.15) is 0 Å². The van der Waals surface area contributed by atoms with Crippen molar-refractivity contribution in [2.45, 2.75) is 192 Å². The van der Waals surface area contributed by atoms with Gasteiger partial charge in [0.15, 0.2) is 0 Å². The fourth-order valence-electron chi connectivity index (χ4n) is 6.04. The smallest absolute Gasteiger partial charge is 0.282 e. The SMILES string of the molecule is COC(CCCCCCCCCCCCCCCCCCCCCCCCCCCCC(OC)(OC)OC)(OC)OC. The lowest BCUT2D eigenvalue weighted by atomic mass is 10.0. The van der Waals surface area contributed by atoms with Crippen LogP contribution in [0, 0.1) is 0 Å². The summed E-state index contributed by atoms with van der Waals surface area (Å²) in [5.74, 6) is -1.70. The molecule has 0 rings (SSSR count). The van der Waals surface area contributed by atoms with E-state index in [4.69, 9.17) is 28.4 Å². The molecule has 0 aliphatic carbocycles. The molecule has 0 aromatic heterocycles. The molecule has 0 saturated heterocycles. The second kappa shape index (κ2) is 30.8. The van der Waals surface area contributed by atoms with Crippen LogP contribution in [0.5, 0.6) is 0 Å². The zero-order chi connectivity index (χ0) is 31.0. The van der Waals surface area contributed by atoms with Gasteiger partial charge in [-0.3, -0.25) is 0 Å². The summed E-state index contributed by atoms with van der Waals surface area (Å²) in [5, 5.41) is 0. The van der Waals surface area contributed by atoms with Crippen LogP contribution in [0.1, 0.15) is 180 Å². The lowest BCUT2D eigenvalue weighted by Crippen LogP contribution is -2.35. The zero-order valence-electron chi connectivity index (χ0n) is 29.2. The monoisotopic (exact) mass is 603 g/mol. The Bertz CT molecular complexity index is 458. The van der Waals surface area contributed by atoms with Gasteiger partial charge in [-0.1, -0.05) is 154 Å². The maximum absolute atomic E-state index is 5.36. The Balaban J connectivity index is 3.22. The summed E-state index contributed by atoms with van der Waals surface area (Å²) in [6, 6.07) is 0. The van der Waals surface area contributed by atoms with Gasteiger partial charge in [0, 0.05) is 55.5 Å². The van der Waals surface area contributed by atoms with Crippen LogP contribution in [0.3, 0.4) is 0 Å². The first-order chi connectivity index (χ1) is 20.6. The van der Waals surface area contributed by atoms with Gasteiger partial charge in [0.05, 0.1) is 0 Å². The van der Waals surface area contributed by atoms with Crippen molar-refractivity contribution < 1.29 is 28.4 Å². The third-order valence-corrected chi connectivity index (χ3v) is 9.08. The Morgan fingerprint density at radius 2 is 0.333 bits per heavy atom. The number of hydrogen-bond donors (Lipinski definition) is 0. The second-order valence-electron chi connectivity index (χ2n) is 12.3. The van der Waals surface area contributed by atoms with E-state index in [9.17, 15) is 0 Å². The van der Waals surface area contributed by atoms with E-state index in [1.807, 2.05) is 0 Å². The lowest BCUT2D eigenvalue weighted by molar-refractivity contribution is -0.355. The fourth-order valence-corrected chi connectivity index (χ4v) is 6.04. The van der Waals surface area contributed by atoms with Crippen LogP contribution < -0.4 is 0 Å². The van der Waals surface area contributed by atoms with E-state index in [1.54, 1.807) is 42.7 Å². The molecule has 42 heavy (non-hydrogen) atoms. The highest BCUT2D eigenvalue weighted by atomic mass is 16.9. The highest BCUT2D eigenvalue weighted by Crippen LogP contribution is 2.23. The van der Waals surface area contributed by atoms with Crippen LogP contribution in [0.15, 0.2) is 0 Å². The topological polar surface area (TPSA) is 55.4 Å². The minimum Gasteiger partial charge on any atom is -0.331 e. The van der Waals surface area contributed by atoms with Crippen molar-refractivity contribution in [2.24, 2.45) is 0 Å². The first-order valence-electron chi connectivity index (χ1n) is 17.9. The number of unbranched alkanes of at least 4 members (excludes halogenated alkanes) is 25. The van der Waals surface area contributed by atoms with E-state index in [0.29, 0.717) is 0 Å². The maximum atomic E-state index is 5.36. The predicted molar refractivity (Wildman–Crippen MR) is 177 cm³/mol. The van der Waals surface area contributed by atoms with Gasteiger partial charge in [-0.15, -0.1) is 0 Å². The molecular weight excluding hydrogens is 528 g/mol. The summed E-state index contributed by atoms with van der Waals surface area (Å²) in [6.07, 6.45) is 37.2. The normalized spacial score (nSPS) is 12.4. The van der Waals surface area contributed by atoms with Crippen molar-refractivity contribution in [1.29, 1.82) is 0 Å². The molecule has 0 spiro atoms. The number of methoxy groups -OCH3 is 6. The largest absolute Gasteiger partial charge is 0.331 e. The minimum absolute atomic E-state index is 0.794. The third kappa shape index (κ3) is 23.2. The Labute approximate surface area is 262 Å². The van der Waals surface area contributed by atoms with Gasteiger partial charge in [0.25, 0.3) is 11.9 Å². The number of rotatable bonds is 35. The summed E-state index contributed by atoms with van der Waals surface area (Å²) in [5.41, 5.74) is 0. The molecule has 0 aliphatic rings. The van der Waals surface area contributed by atoms with E-state index >= 15 is 0 Å². The van der Waals surface area contributed by atoms with Crippen molar-refractivity contribution >= 4 is 0 Å². The average molecular weight is 603 g/mol. The van der Waals surface area contributed by atoms with Gasteiger partial charge in [0.2, 0.25) is 0 Å². The Morgan fingerprint density at radius 3 is 0.452 bits per heavy atom. The van der Waals surface area contributed by atoms with E-state index < -0.39 is 11.9 Å². The molecule has 0 N–H and O–H groups in total. The Hall–Kier alpha value is -0.240.